The lowest BCUT2D eigenvalue weighted by molar-refractivity contribution is -0.244. The van der Waals surface area contributed by atoms with E-state index in [0.717, 1.165) is 18.9 Å². The molecule has 0 aromatic heterocycles. The van der Waals surface area contributed by atoms with Crippen molar-refractivity contribution >= 4 is 0 Å². The van der Waals surface area contributed by atoms with Gasteiger partial charge in [0, 0.05) is 0 Å². The summed E-state index contributed by atoms with van der Waals surface area (Å²) in [6.07, 6.45) is -0.0695. The largest absolute Gasteiger partial charge is 0.420 e. The molecule has 2 unspecified atom stereocenters. The zero-order valence-corrected chi connectivity index (χ0v) is 8.14. The molecule has 1 rings (SSSR count). The van der Waals surface area contributed by atoms with Gasteiger partial charge in [-0.3, -0.25) is 0 Å². The Bertz CT molecular complexity index is 222. The quantitative estimate of drug-likeness (QED) is 0.691. The molecule has 1 N–H and O–H groups in total. The summed E-state index contributed by atoms with van der Waals surface area (Å²) in [6.45, 7) is 2.00. The van der Waals surface area contributed by atoms with E-state index < -0.39 is 11.8 Å². The van der Waals surface area contributed by atoms with Crippen molar-refractivity contribution in [1.82, 2.24) is 0 Å². The van der Waals surface area contributed by atoms with Gasteiger partial charge >= 0.3 is 6.18 Å². The Morgan fingerprint density at radius 2 is 2.14 bits per heavy atom. The van der Waals surface area contributed by atoms with Crippen LogP contribution < -0.4 is 0 Å². The molecule has 1 nitrogen and oxygen atoms in total. The fourth-order valence-corrected chi connectivity index (χ4v) is 1.73. The Balaban J connectivity index is 2.67. The molecule has 0 radical (unpaired) electrons. The van der Waals surface area contributed by atoms with Crippen LogP contribution in [0, 0.1) is 5.92 Å². The second-order valence-corrected chi connectivity index (χ2v) is 3.87. The average Bonchev–Trinajstić information content (AvgIpc) is 2.08. The van der Waals surface area contributed by atoms with Crippen LogP contribution in [-0.2, 0) is 0 Å². The summed E-state index contributed by atoms with van der Waals surface area (Å²) in [4.78, 5) is 0. The van der Waals surface area contributed by atoms with Gasteiger partial charge in [0.05, 0.1) is 0 Å². The topological polar surface area (TPSA) is 20.2 Å². The number of alkyl halides is 3. The SMILES string of the molecule is CCCC1C=CC(O)(C(F)(F)F)CC1. The average molecular weight is 208 g/mol. The van der Waals surface area contributed by atoms with Gasteiger partial charge in [-0.25, -0.2) is 0 Å². The Morgan fingerprint density at radius 1 is 1.50 bits per heavy atom. The van der Waals surface area contributed by atoms with Gasteiger partial charge in [0.1, 0.15) is 0 Å². The fraction of sp³-hybridized carbons (Fsp3) is 0.800. The zero-order chi connectivity index (χ0) is 10.8. The lowest BCUT2D eigenvalue weighted by Gasteiger charge is -2.32. The van der Waals surface area contributed by atoms with E-state index in [9.17, 15) is 18.3 Å². The summed E-state index contributed by atoms with van der Waals surface area (Å²) in [6, 6.07) is 0. The minimum Gasteiger partial charge on any atom is -0.377 e. The zero-order valence-electron chi connectivity index (χ0n) is 8.14. The van der Waals surface area contributed by atoms with E-state index in [4.69, 9.17) is 0 Å². The second kappa shape index (κ2) is 3.93. The maximum atomic E-state index is 12.3. The molecule has 82 valence electrons. The molecule has 0 fully saturated rings. The predicted molar refractivity (Wildman–Crippen MR) is 47.8 cm³/mol. The first-order valence-corrected chi connectivity index (χ1v) is 4.87. The van der Waals surface area contributed by atoms with E-state index in [1.165, 1.54) is 6.08 Å². The molecule has 0 saturated heterocycles. The molecule has 2 atom stereocenters. The Kier molecular flexibility index (Phi) is 3.24. The summed E-state index contributed by atoms with van der Waals surface area (Å²) in [5, 5.41) is 9.28. The van der Waals surface area contributed by atoms with E-state index in [0.29, 0.717) is 6.42 Å². The molecule has 0 amide bonds. The molecule has 0 heterocycles. The van der Waals surface area contributed by atoms with E-state index in [1.54, 1.807) is 0 Å². The van der Waals surface area contributed by atoms with Crippen molar-refractivity contribution in [2.45, 2.75) is 44.4 Å². The van der Waals surface area contributed by atoms with E-state index in [-0.39, 0.29) is 12.3 Å². The molecule has 0 saturated carbocycles. The third-order valence-electron chi connectivity index (χ3n) is 2.69. The monoisotopic (exact) mass is 208 g/mol. The van der Waals surface area contributed by atoms with Gasteiger partial charge in [-0.15, -0.1) is 0 Å². The van der Waals surface area contributed by atoms with Crippen molar-refractivity contribution < 1.29 is 18.3 Å². The highest BCUT2D eigenvalue weighted by Gasteiger charge is 2.52. The molecule has 1 aliphatic rings. The number of rotatable bonds is 2. The van der Waals surface area contributed by atoms with Crippen LogP contribution in [0.25, 0.3) is 0 Å². The second-order valence-electron chi connectivity index (χ2n) is 3.87. The third-order valence-corrected chi connectivity index (χ3v) is 2.69. The van der Waals surface area contributed by atoms with Crippen molar-refractivity contribution in [2.75, 3.05) is 0 Å². The predicted octanol–water partition coefficient (Wildman–Crippen LogP) is 3.05. The molecule has 0 aromatic rings. The van der Waals surface area contributed by atoms with Gasteiger partial charge in [-0.2, -0.15) is 13.2 Å². The highest BCUT2D eigenvalue weighted by molar-refractivity contribution is 5.11. The summed E-state index contributed by atoms with van der Waals surface area (Å²) in [5.41, 5.74) is -2.59. The van der Waals surface area contributed by atoms with Crippen molar-refractivity contribution in [2.24, 2.45) is 5.92 Å². The first-order valence-electron chi connectivity index (χ1n) is 4.87. The van der Waals surface area contributed by atoms with Crippen molar-refractivity contribution in [1.29, 1.82) is 0 Å². The fourth-order valence-electron chi connectivity index (χ4n) is 1.73. The maximum Gasteiger partial charge on any atom is 0.420 e. The molecular weight excluding hydrogens is 193 g/mol. The van der Waals surface area contributed by atoms with E-state index >= 15 is 0 Å². The normalized spacial score (nSPS) is 33.4. The van der Waals surface area contributed by atoms with Gasteiger partial charge in [0.15, 0.2) is 5.60 Å². The van der Waals surface area contributed by atoms with E-state index in [2.05, 4.69) is 0 Å². The summed E-state index contributed by atoms with van der Waals surface area (Å²) < 4.78 is 37.0. The smallest absolute Gasteiger partial charge is 0.377 e. The van der Waals surface area contributed by atoms with Crippen LogP contribution in [-0.4, -0.2) is 16.9 Å². The van der Waals surface area contributed by atoms with Gasteiger partial charge < -0.3 is 5.11 Å². The van der Waals surface area contributed by atoms with Gasteiger partial charge in [0.2, 0.25) is 0 Å². The number of halogens is 3. The Labute approximate surface area is 81.6 Å². The van der Waals surface area contributed by atoms with Crippen molar-refractivity contribution in [3.63, 3.8) is 0 Å². The number of hydrogen-bond donors (Lipinski definition) is 1. The summed E-state index contributed by atoms with van der Waals surface area (Å²) in [7, 11) is 0. The molecule has 14 heavy (non-hydrogen) atoms. The van der Waals surface area contributed by atoms with Crippen LogP contribution in [0.5, 0.6) is 0 Å². The highest BCUT2D eigenvalue weighted by Crippen LogP contribution is 2.39. The number of hydrogen-bond acceptors (Lipinski definition) is 1. The van der Waals surface area contributed by atoms with Crippen LogP contribution in [0.1, 0.15) is 32.6 Å². The molecule has 0 aromatic carbocycles. The molecule has 0 bridgehead atoms. The van der Waals surface area contributed by atoms with Gasteiger partial charge in [-0.1, -0.05) is 19.4 Å². The van der Waals surface area contributed by atoms with Crippen LogP contribution in [0.15, 0.2) is 12.2 Å². The highest BCUT2D eigenvalue weighted by atomic mass is 19.4. The number of allylic oxidation sites excluding steroid dienone is 1. The Hall–Kier alpha value is -0.510. The van der Waals surface area contributed by atoms with Gasteiger partial charge in [-0.05, 0) is 31.3 Å². The minimum atomic E-state index is -4.54. The van der Waals surface area contributed by atoms with Crippen LogP contribution >= 0.6 is 0 Å². The molecule has 0 spiro atoms. The molecule has 0 aliphatic heterocycles. The minimum absolute atomic E-state index is 0.197. The van der Waals surface area contributed by atoms with Crippen molar-refractivity contribution in [3.8, 4) is 0 Å². The standard InChI is InChI=1S/C10H15F3O/c1-2-3-8-4-6-9(14,7-5-8)10(11,12)13/h4,6,8,14H,2-3,5,7H2,1H3. The molecule has 1 aliphatic carbocycles. The van der Waals surface area contributed by atoms with Crippen molar-refractivity contribution in [3.05, 3.63) is 12.2 Å². The van der Waals surface area contributed by atoms with E-state index in [1.807, 2.05) is 6.92 Å². The summed E-state index contributed by atoms with van der Waals surface area (Å²) >= 11 is 0. The third kappa shape index (κ3) is 2.29. The Morgan fingerprint density at radius 3 is 2.50 bits per heavy atom. The van der Waals surface area contributed by atoms with Crippen LogP contribution in [0.4, 0.5) is 13.2 Å². The lowest BCUT2D eigenvalue weighted by Crippen LogP contribution is -2.45. The number of aliphatic hydroxyl groups is 1. The first kappa shape index (κ1) is 11.6. The lowest BCUT2D eigenvalue weighted by atomic mass is 9.83. The van der Waals surface area contributed by atoms with Gasteiger partial charge in [0.25, 0.3) is 0 Å². The molecular formula is C10H15F3O. The van der Waals surface area contributed by atoms with Crippen LogP contribution in [0.2, 0.25) is 0 Å². The van der Waals surface area contributed by atoms with Crippen LogP contribution in [0.3, 0.4) is 0 Å². The molecule has 4 heteroatoms. The summed E-state index contributed by atoms with van der Waals surface area (Å²) in [5.74, 6) is 0.197. The first-order chi connectivity index (χ1) is 6.39. The maximum absolute atomic E-state index is 12.3.